The van der Waals surface area contributed by atoms with Gasteiger partial charge in [0, 0.05) is 12.1 Å². The Morgan fingerprint density at radius 1 is 1.32 bits per heavy atom. The first-order valence-corrected chi connectivity index (χ1v) is 9.97. The van der Waals surface area contributed by atoms with E-state index in [-0.39, 0.29) is 30.3 Å². The number of ether oxygens (including phenoxy) is 2. The van der Waals surface area contributed by atoms with Crippen LogP contribution in [-0.4, -0.2) is 31.2 Å². The van der Waals surface area contributed by atoms with Crippen LogP contribution in [0, 0.1) is 11.7 Å². The van der Waals surface area contributed by atoms with Crippen molar-refractivity contribution < 1.29 is 23.5 Å². The van der Waals surface area contributed by atoms with E-state index in [4.69, 9.17) is 9.47 Å². The number of carbonyl (C=O) groups is 2. The van der Waals surface area contributed by atoms with E-state index in [1.54, 1.807) is 12.1 Å². The smallest absolute Gasteiger partial charge is 0.262 e. The van der Waals surface area contributed by atoms with Gasteiger partial charge in [-0.1, -0.05) is 19.9 Å². The van der Waals surface area contributed by atoms with Crippen molar-refractivity contribution in [3.63, 3.8) is 0 Å². The molecular weight excluding hydrogens is 383 g/mol. The summed E-state index contributed by atoms with van der Waals surface area (Å²) >= 11 is 1.32. The molecule has 2 N–H and O–H groups in total. The fourth-order valence-corrected chi connectivity index (χ4v) is 3.65. The summed E-state index contributed by atoms with van der Waals surface area (Å²) in [6.07, 6.45) is 0.412. The van der Waals surface area contributed by atoms with Crippen LogP contribution in [0.15, 0.2) is 29.6 Å². The van der Waals surface area contributed by atoms with Gasteiger partial charge in [0.05, 0.1) is 11.5 Å². The number of carbonyl (C=O) groups excluding carboxylic acids is 2. The normalized spacial score (nSPS) is 14.1. The van der Waals surface area contributed by atoms with E-state index in [9.17, 15) is 14.0 Å². The summed E-state index contributed by atoms with van der Waals surface area (Å²) in [5.74, 6) is -0.358. The van der Waals surface area contributed by atoms with Gasteiger partial charge >= 0.3 is 0 Å². The average molecular weight is 406 g/mol. The molecule has 150 valence electrons. The topological polar surface area (TPSA) is 76.7 Å². The molecule has 0 bridgehead atoms. The van der Waals surface area contributed by atoms with Gasteiger partial charge in [0.15, 0.2) is 6.79 Å². The van der Waals surface area contributed by atoms with Crippen molar-refractivity contribution >= 4 is 23.2 Å². The van der Waals surface area contributed by atoms with Gasteiger partial charge in [-0.2, -0.15) is 0 Å². The number of fused-ring (bicyclic) bond motifs is 1. The van der Waals surface area contributed by atoms with Gasteiger partial charge in [0.1, 0.15) is 17.6 Å². The Morgan fingerprint density at radius 3 is 2.86 bits per heavy atom. The van der Waals surface area contributed by atoms with Crippen LogP contribution in [-0.2, 0) is 22.6 Å². The molecule has 2 amide bonds. The predicted molar refractivity (Wildman–Crippen MR) is 104 cm³/mol. The van der Waals surface area contributed by atoms with Gasteiger partial charge in [0.2, 0.25) is 5.91 Å². The molecule has 8 heteroatoms. The molecule has 0 saturated heterocycles. The molecule has 0 fully saturated rings. The first-order chi connectivity index (χ1) is 13.5. The third-order valence-electron chi connectivity index (χ3n) is 4.43. The maximum Gasteiger partial charge on any atom is 0.262 e. The maximum atomic E-state index is 13.8. The number of thiophene rings is 1. The number of benzene rings is 1. The molecule has 1 aromatic carbocycles. The van der Waals surface area contributed by atoms with Gasteiger partial charge in [-0.25, -0.2) is 4.39 Å². The quantitative estimate of drug-likeness (QED) is 0.741. The molecule has 0 aliphatic carbocycles. The second-order valence-electron chi connectivity index (χ2n) is 6.88. The summed E-state index contributed by atoms with van der Waals surface area (Å²) in [6.45, 7) is 4.47. The van der Waals surface area contributed by atoms with E-state index in [0.717, 1.165) is 0 Å². The summed E-state index contributed by atoms with van der Waals surface area (Å²) in [5, 5.41) is 7.43. The predicted octanol–water partition coefficient (Wildman–Crippen LogP) is 2.87. The third kappa shape index (κ3) is 4.88. The summed E-state index contributed by atoms with van der Waals surface area (Å²) < 4.78 is 24.5. The van der Waals surface area contributed by atoms with E-state index < -0.39 is 6.04 Å². The van der Waals surface area contributed by atoms with Crippen LogP contribution in [0.25, 0.3) is 0 Å². The Kier molecular flexibility index (Phi) is 6.64. The molecular formula is C20H23FN2O4S. The molecule has 3 rings (SSSR count). The average Bonchev–Trinajstić information content (AvgIpc) is 3.20. The van der Waals surface area contributed by atoms with Crippen molar-refractivity contribution in [3.05, 3.63) is 51.5 Å². The summed E-state index contributed by atoms with van der Waals surface area (Å²) in [6, 6.07) is 5.66. The van der Waals surface area contributed by atoms with Crippen LogP contribution in [0.2, 0.25) is 0 Å². The standard InChI is InChI=1S/C20H23FN2O4S/c1-12(2)17(23-19(24)16-4-3-7-28-16)20(25)22-6-5-13-8-15(21)9-14-10-26-11-27-18(13)14/h3-4,7-9,12,17H,5-6,10-11H2,1-2H3,(H,22,25)(H,23,24). The zero-order valence-corrected chi connectivity index (χ0v) is 16.6. The highest BCUT2D eigenvalue weighted by Gasteiger charge is 2.25. The van der Waals surface area contributed by atoms with E-state index in [2.05, 4.69) is 10.6 Å². The van der Waals surface area contributed by atoms with Gasteiger partial charge < -0.3 is 20.1 Å². The molecule has 1 aliphatic rings. The molecule has 0 radical (unpaired) electrons. The second-order valence-corrected chi connectivity index (χ2v) is 7.82. The lowest BCUT2D eigenvalue weighted by atomic mass is 10.0. The van der Waals surface area contributed by atoms with Gasteiger partial charge in [-0.15, -0.1) is 11.3 Å². The van der Waals surface area contributed by atoms with Crippen molar-refractivity contribution in [2.45, 2.75) is 32.9 Å². The van der Waals surface area contributed by atoms with Crippen LogP contribution < -0.4 is 15.4 Å². The molecule has 1 unspecified atom stereocenters. The van der Waals surface area contributed by atoms with Crippen molar-refractivity contribution in [1.82, 2.24) is 10.6 Å². The van der Waals surface area contributed by atoms with Gasteiger partial charge in [-0.3, -0.25) is 9.59 Å². The van der Waals surface area contributed by atoms with Crippen LogP contribution in [0.3, 0.4) is 0 Å². The van der Waals surface area contributed by atoms with E-state index in [1.807, 2.05) is 19.2 Å². The summed E-state index contributed by atoms with van der Waals surface area (Å²) in [5.41, 5.74) is 1.35. The van der Waals surface area contributed by atoms with Crippen LogP contribution in [0.4, 0.5) is 4.39 Å². The first kappa shape index (κ1) is 20.3. The van der Waals surface area contributed by atoms with Gasteiger partial charge in [0.25, 0.3) is 5.91 Å². The van der Waals surface area contributed by atoms with Crippen LogP contribution >= 0.6 is 11.3 Å². The fourth-order valence-electron chi connectivity index (χ4n) is 3.03. The Balaban J connectivity index is 1.59. The van der Waals surface area contributed by atoms with E-state index in [0.29, 0.717) is 41.3 Å². The molecule has 0 saturated carbocycles. The number of rotatable bonds is 7. The highest BCUT2D eigenvalue weighted by atomic mass is 32.1. The van der Waals surface area contributed by atoms with Crippen LogP contribution in [0.5, 0.6) is 5.75 Å². The van der Waals surface area contributed by atoms with Crippen LogP contribution in [0.1, 0.15) is 34.6 Å². The van der Waals surface area contributed by atoms with Crippen molar-refractivity contribution in [2.24, 2.45) is 5.92 Å². The molecule has 28 heavy (non-hydrogen) atoms. The third-order valence-corrected chi connectivity index (χ3v) is 5.29. The van der Waals surface area contributed by atoms with E-state index in [1.165, 1.54) is 23.5 Å². The molecule has 2 heterocycles. The SMILES string of the molecule is CC(C)C(NC(=O)c1cccs1)C(=O)NCCc1cc(F)cc2c1OCOC2. The fraction of sp³-hybridized carbons (Fsp3) is 0.400. The monoisotopic (exact) mass is 406 g/mol. The largest absolute Gasteiger partial charge is 0.467 e. The lowest BCUT2D eigenvalue weighted by Gasteiger charge is -2.23. The molecule has 0 spiro atoms. The second kappa shape index (κ2) is 9.16. The minimum atomic E-state index is -0.652. The van der Waals surface area contributed by atoms with Crippen molar-refractivity contribution in [1.29, 1.82) is 0 Å². The Bertz CT molecular complexity index is 839. The zero-order valence-electron chi connectivity index (χ0n) is 15.8. The number of nitrogens with one attached hydrogen (secondary N) is 2. The molecule has 1 aliphatic heterocycles. The minimum Gasteiger partial charge on any atom is -0.467 e. The molecule has 1 aromatic heterocycles. The zero-order chi connectivity index (χ0) is 20.1. The van der Waals surface area contributed by atoms with Gasteiger partial charge in [-0.05, 0) is 41.5 Å². The highest BCUT2D eigenvalue weighted by molar-refractivity contribution is 7.12. The Morgan fingerprint density at radius 2 is 2.14 bits per heavy atom. The first-order valence-electron chi connectivity index (χ1n) is 9.09. The minimum absolute atomic E-state index is 0.0775. The summed E-state index contributed by atoms with van der Waals surface area (Å²) in [7, 11) is 0. The maximum absolute atomic E-state index is 13.8. The van der Waals surface area contributed by atoms with Crippen molar-refractivity contribution in [3.8, 4) is 5.75 Å². The lowest BCUT2D eigenvalue weighted by Crippen LogP contribution is -2.49. The van der Waals surface area contributed by atoms with Crippen molar-refractivity contribution in [2.75, 3.05) is 13.3 Å². The van der Waals surface area contributed by atoms with E-state index >= 15 is 0 Å². The highest BCUT2D eigenvalue weighted by Crippen LogP contribution is 2.29. The molecule has 2 aromatic rings. The Hall–Kier alpha value is -2.45. The molecule has 1 atom stereocenters. The number of hydrogen-bond donors (Lipinski definition) is 2. The number of halogens is 1. The Labute approximate surface area is 167 Å². The molecule has 6 nitrogen and oxygen atoms in total. The summed E-state index contributed by atoms with van der Waals surface area (Å²) in [4.78, 5) is 25.4. The lowest BCUT2D eigenvalue weighted by molar-refractivity contribution is -0.123. The number of hydrogen-bond acceptors (Lipinski definition) is 5. The number of amides is 2.